The highest BCUT2D eigenvalue weighted by Gasteiger charge is 2.11. The Balaban J connectivity index is 2.47. The molecule has 1 N–H and O–H groups in total. The van der Waals surface area contributed by atoms with E-state index in [4.69, 9.17) is 9.84 Å². The van der Waals surface area contributed by atoms with Crippen molar-refractivity contribution >= 4 is 5.97 Å². The number of aromatic nitrogens is 2. The predicted molar refractivity (Wildman–Crippen MR) is 68.0 cm³/mol. The van der Waals surface area contributed by atoms with Crippen molar-refractivity contribution in [1.82, 2.24) is 9.78 Å². The molecule has 0 fully saturated rings. The fraction of sp³-hybridized carbons (Fsp3) is 0.154. The van der Waals surface area contributed by atoms with Gasteiger partial charge in [-0.2, -0.15) is 5.10 Å². The standard InChI is InChI=1S/C13H12N2O4/c1-2-19-10-5-3-4-9(8-10)15-7-6-11(16)12(14-15)13(17)18/h3-8H,2H2,1H3,(H,17,18). The SMILES string of the molecule is CCOc1cccc(-n2ccc(=O)c(C(=O)O)n2)c1. The Hall–Kier alpha value is -2.63. The first-order valence-corrected chi connectivity index (χ1v) is 5.68. The summed E-state index contributed by atoms with van der Waals surface area (Å²) >= 11 is 0. The van der Waals surface area contributed by atoms with Crippen LogP contribution in [0.4, 0.5) is 0 Å². The number of ether oxygens (including phenoxy) is 1. The van der Waals surface area contributed by atoms with Gasteiger partial charge in [-0.1, -0.05) is 6.07 Å². The minimum Gasteiger partial charge on any atom is -0.494 e. The minimum absolute atomic E-state index is 0.510. The van der Waals surface area contributed by atoms with Gasteiger partial charge in [0.15, 0.2) is 0 Å². The Morgan fingerprint density at radius 2 is 2.21 bits per heavy atom. The van der Waals surface area contributed by atoms with Crippen LogP contribution in [0.2, 0.25) is 0 Å². The molecular formula is C13H12N2O4. The fourth-order valence-electron chi connectivity index (χ4n) is 1.58. The van der Waals surface area contributed by atoms with Crippen molar-refractivity contribution < 1.29 is 14.6 Å². The van der Waals surface area contributed by atoms with Gasteiger partial charge in [0.2, 0.25) is 11.1 Å². The highest BCUT2D eigenvalue weighted by Crippen LogP contribution is 2.15. The van der Waals surface area contributed by atoms with E-state index < -0.39 is 17.1 Å². The monoisotopic (exact) mass is 260 g/mol. The van der Waals surface area contributed by atoms with Crippen LogP contribution in [0, 0.1) is 0 Å². The predicted octanol–water partition coefficient (Wildman–Crippen LogP) is 1.33. The summed E-state index contributed by atoms with van der Waals surface area (Å²) in [6.45, 7) is 2.40. The molecule has 1 heterocycles. The zero-order chi connectivity index (χ0) is 13.8. The van der Waals surface area contributed by atoms with Gasteiger partial charge in [0, 0.05) is 18.3 Å². The summed E-state index contributed by atoms with van der Waals surface area (Å²) in [7, 11) is 0. The number of hydrogen-bond acceptors (Lipinski definition) is 4. The van der Waals surface area contributed by atoms with Crippen molar-refractivity contribution in [2.75, 3.05) is 6.61 Å². The summed E-state index contributed by atoms with van der Waals surface area (Å²) in [5.41, 5.74) is -0.512. The lowest BCUT2D eigenvalue weighted by Crippen LogP contribution is -2.20. The molecule has 0 spiro atoms. The molecule has 6 nitrogen and oxygen atoms in total. The van der Waals surface area contributed by atoms with E-state index in [-0.39, 0.29) is 0 Å². The van der Waals surface area contributed by atoms with E-state index in [1.807, 2.05) is 6.92 Å². The number of benzene rings is 1. The topological polar surface area (TPSA) is 81.4 Å². The van der Waals surface area contributed by atoms with Gasteiger partial charge < -0.3 is 9.84 Å². The maximum absolute atomic E-state index is 11.3. The molecule has 0 radical (unpaired) electrons. The number of nitrogens with zero attached hydrogens (tertiary/aromatic N) is 2. The van der Waals surface area contributed by atoms with Crippen LogP contribution in [0.5, 0.6) is 5.75 Å². The molecule has 98 valence electrons. The number of aromatic carboxylic acids is 1. The molecule has 0 aliphatic carbocycles. The van der Waals surface area contributed by atoms with Crippen LogP contribution in [0.1, 0.15) is 17.4 Å². The third kappa shape index (κ3) is 2.79. The molecule has 2 aromatic rings. The lowest BCUT2D eigenvalue weighted by atomic mass is 10.3. The van der Waals surface area contributed by atoms with Gasteiger partial charge in [0.25, 0.3) is 0 Å². The summed E-state index contributed by atoms with van der Waals surface area (Å²) in [6.07, 6.45) is 1.42. The van der Waals surface area contributed by atoms with Crippen LogP contribution in [0.15, 0.2) is 41.3 Å². The van der Waals surface area contributed by atoms with E-state index >= 15 is 0 Å². The second-order valence-corrected chi connectivity index (χ2v) is 3.71. The average Bonchev–Trinajstić information content (AvgIpc) is 2.39. The van der Waals surface area contributed by atoms with Crippen LogP contribution in [-0.2, 0) is 0 Å². The van der Waals surface area contributed by atoms with Crippen LogP contribution in [0.3, 0.4) is 0 Å². The summed E-state index contributed by atoms with van der Waals surface area (Å²) in [4.78, 5) is 22.2. The van der Waals surface area contributed by atoms with E-state index in [2.05, 4.69) is 5.10 Å². The Labute approximate surface area is 108 Å². The van der Waals surface area contributed by atoms with E-state index in [1.54, 1.807) is 24.3 Å². The van der Waals surface area contributed by atoms with Crippen molar-refractivity contribution in [2.24, 2.45) is 0 Å². The minimum atomic E-state index is -1.35. The molecule has 2 rings (SSSR count). The summed E-state index contributed by atoms with van der Waals surface area (Å²) in [5.74, 6) is -0.697. The Kier molecular flexibility index (Phi) is 3.61. The number of carbonyl (C=O) groups is 1. The lowest BCUT2D eigenvalue weighted by molar-refractivity contribution is 0.0687. The first kappa shape index (κ1) is 12.8. The number of carboxylic acid groups (broad SMARTS) is 1. The molecule has 1 aromatic heterocycles. The smallest absolute Gasteiger partial charge is 0.360 e. The summed E-state index contributed by atoms with van der Waals surface area (Å²) < 4.78 is 6.68. The van der Waals surface area contributed by atoms with Gasteiger partial charge in [-0.05, 0) is 19.1 Å². The van der Waals surface area contributed by atoms with Crippen molar-refractivity contribution in [1.29, 1.82) is 0 Å². The molecule has 0 bridgehead atoms. The summed E-state index contributed by atoms with van der Waals surface area (Å²) in [6, 6.07) is 8.18. The van der Waals surface area contributed by atoms with Crippen LogP contribution < -0.4 is 10.2 Å². The lowest BCUT2D eigenvalue weighted by Gasteiger charge is -2.08. The molecule has 19 heavy (non-hydrogen) atoms. The molecule has 0 amide bonds. The zero-order valence-electron chi connectivity index (χ0n) is 10.2. The van der Waals surface area contributed by atoms with Crippen molar-refractivity contribution in [2.45, 2.75) is 6.92 Å². The molecule has 0 saturated heterocycles. The third-order valence-corrected chi connectivity index (χ3v) is 2.40. The molecule has 6 heteroatoms. The van der Waals surface area contributed by atoms with Crippen LogP contribution >= 0.6 is 0 Å². The van der Waals surface area contributed by atoms with Gasteiger partial charge in [0.1, 0.15) is 5.75 Å². The molecule has 0 aliphatic heterocycles. The third-order valence-electron chi connectivity index (χ3n) is 2.40. The second kappa shape index (κ2) is 5.34. The number of rotatable bonds is 4. The van der Waals surface area contributed by atoms with Gasteiger partial charge >= 0.3 is 5.97 Å². The Morgan fingerprint density at radius 1 is 1.42 bits per heavy atom. The van der Waals surface area contributed by atoms with Gasteiger partial charge in [-0.3, -0.25) is 4.79 Å². The van der Waals surface area contributed by atoms with Crippen molar-refractivity contribution in [3.8, 4) is 11.4 Å². The second-order valence-electron chi connectivity index (χ2n) is 3.71. The Morgan fingerprint density at radius 3 is 2.89 bits per heavy atom. The fourth-order valence-corrected chi connectivity index (χ4v) is 1.58. The average molecular weight is 260 g/mol. The normalized spacial score (nSPS) is 10.2. The number of carboxylic acids is 1. The molecule has 0 saturated carbocycles. The molecule has 1 aromatic carbocycles. The van der Waals surface area contributed by atoms with E-state index in [9.17, 15) is 9.59 Å². The largest absolute Gasteiger partial charge is 0.494 e. The number of hydrogen-bond donors (Lipinski definition) is 1. The van der Waals surface area contributed by atoms with Crippen molar-refractivity contribution in [3.05, 3.63) is 52.4 Å². The molecule has 0 aliphatic rings. The van der Waals surface area contributed by atoms with E-state index in [1.165, 1.54) is 16.9 Å². The quantitative estimate of drug-likeness (QED) is 0.896. The van der Waals surface area contributed by atoms with Gasteiger partial charge in [-0.15, -0.1) is 0 Å². The van der Waals surface area contributed by atoms with Crippen LogP contribution in [-0.4, -0.2) is 27.5 Å². The highest BCUT2D eigenvalue weighted by molar-refractivity contribution is 5.84. The van der Waals surface area contributed by atoms with Crippen molar-refractivity contribution in [3.63, 3.8) is 0 Å². The first-order valence-electron chi connectivity index (χ1n) is 5.68. The van der Waals surface area contributed by atoms with Gasteiger partial charge in [0.05, 0.1) is 12.3 Å². The van der Waals surface area contributed by atoms with E-state index in [0.29, 0.717) is 18.0 Å². The highest BCUT2D eigenvalue weighted by atomic mass is 16.5. The zero-order valence-corrected chi connectivity index (χ0v) is 10.2. The maximum Gasteiger partial charge on any atom is 0.360 e. The molecule has 0 unspecified atom stereocenters. The summed E-state index contributed by atoms with van der Waals surface area (Å²) in [5, 5.41) is 12.7. The Bertz CT molecular complexity index is 664. The van der Waals surface area contributed by atoms with Gasteiger partial charge in [-0.25, -0.2) is 9.48 Å². The van der Waals surface area contributed by atoms with Crippen LogP contribution in [0.25, 0.3) is 5.69 Å². The van der Waals surface area contributed by atoms with E-state index in [0.717, 1.165) is 0 Å². The maximum atomic E-state index is 11.3. The molecular weight excluding hydrogens is 248 g/mol. The molecule has 0 atom stereocenters. The first-order chi connectivity index (χ1) is 9.11.